The third-order valence-corrected chi connectivity index (χ3v) is 4.62. The van der Waals surface area contributed by atoms with Crippen LogP contribution in [0.1, 0.15) is 62.7 Å². The Morgan fingerprint density at radius 1 is 1.14 bits per heavy atom. The van der Waals surface area contributed by atoms with Gasteiger partial charge in [-0.25, -0.2) is 0 Å². The summed E-state index contributed by atoms with van der Waals surface area (Å²) in [4.78, 5) is 0. The number of aliphatic hydroxyl groups is 1. The van der Waals surface area contributed by atoms with Gasteiger partial charge in [0.25, 0.3) is 0 Å². The average Bonchev–Trinajstić information content (AvgIpc) is 2.47. The highest BCUT2D eigenvalue weighted by molar-refractivity contribution is 5.31. The first-order valence-electron chi connectivity index (χ1n) is 7.77. The molecule has 0 aromatic heterocycles. The van der Waals surface area contributed by atoms with Crippen LogP contribution in [0.4, 0.5) is 13.2 Å². The van der Waals surface area contributed by atoms with Crippen molar-refractivity contribution in [3.05, 3.63) is 35.4 Å². The molecule has 0 aliphatic heterocycles. The second-order valence-electron chi connectivity index (χ2n) is 6.10. The first kappa shape index (κ1) is 16.3. The van der Waals surface area contributed by atoms with Gasteiger partial charge in [0, 0.05) is 0 Å². The topological polar surface area (TPSA) is 20.2 Å². The molecule has 1 aromatic carbocycles. The van der Waals surface area contributed by atoms with E-state index in [1.165, 1.54) is 18.6 Å². The monoisotopic (exact) mass is 300 g/mol. The minimum Gasteiger partial charge on any atom is -0.388 e. The van der Waals surface area contributed by atoms with Crippen molar-refractivity contribution in [2.45, 2.75) is 57.7 Å². The highest BCUT2D eigenvalue weighted by Crippen LogP contribution is 2.42. The molecule has 1 nitrogen and oxygen atoms in total. The second-order valence-corrected chi connectivity index (χ2v) is 6.10. The van der Waals surface area contributed by atoms with E-state index < -0.39 is 17.8 Å². The van der Waals surface area contributed by atoms with Gasteiger partial charge in [-0.15, -0.1) is 0 Å². The summed E-state index contributed by atoms with van der Waals surface area (Å²) in [6, 6.07) is 5.40. The summed E-state index contributed by atoms with van der Waals surface area (Å²) in [7, 11) is 0. The Kier molecular flexibility index (Phi) is 5.31. The third-order valence-electron chi connectivity index (χ3n) is 4.62. The van der Waals surface area contributed by atoms with Gasteiger partial charge >= 0.3 is 6.18 Å². The standard InChI is InChI=1S/C17H23F3O/c1-2-5-12-8-10-13(11-9-12)16(21)14-6-3-4-7-15(14)17(18,19)20/h3-4,6-7,12-13,16,21H,2,5,8-11H2,1H3. The lowest BCUT2D eigenvalue weighted by molar-refractivity contribution is -0.139. The Hall–Kier alpha value is -1.03. The van der Waals surface area contributed by atoms with Crippen molar-refractivity contribution in [3.63, 3.8) is 0 Å². The molecule has 1 fully saturated rings. The predicted octanol–water partition coefficient (Wildman–Crippen LogP) is 5.35. The van der Waals surface area contributed by atoms with E-state index in [-0.39, 0.29) is 11.5 Å². The Morgan fingerprint density at radius 2 is 1.76 bits per heavy atom. The van der Waals surface area contributed by atoms with E-state index in [2.05, 4.69) is 6.92 Å². The lowest BCUT2D eigenvalue weighted by Gasteiger charge is -2.32. The molecule has 21 heavy (non-hydrogen) atoms. The van der Waals surface area contributed by atoms with Crippen LogP contribution in [-0.4, -0.2) is 5.11 Å². The van der Waals surface area contributed by atoms with Crippen LogP contribution in [0.2, 0.25) is 0 Å². The molecular formula is C17H23F3O. The van der Waals surface area contributed by atoms with Crippen molar-refractivity contribution in [2.75, 3.05) is 0 Å². The molecule has 0 saturated heterocycles. The van der Waals surface area contributed by atoms with Crippen molar-refractivity contribution >= 4 is 0 Å². The number of benzene rings is 1. The molecular weight excluding hydrogens is 277 g/mol. The summed E-state index contributed by atoms with van der Waals surface area (Å²) in [6.07, 6.45) is 0.586. The smallest absolute Gasteiger partial charge is 0.388 e. The molecule has 4 heteroatoms. The normalized spacial score (nSPS) is 24.8. The van der Waals surface area contributed by atoms with Gasteiger partial charge in [0.05, 0.1) is 11.7 Å². The lowest BCUT2D eigenvalue weighted by Crippen LogP contribution is -2.22. The number of rotatable bonds is 4. The van der Waals surface area contributed by atoms with Gasteiger partial charge < -0.3 is 5.11 Å². The van der Waals surface area contributed by atoms with Crippen LogP contribution in [0.15, 0.2) is 24.3 Å². The quantitative estimate of drug-likeness (QED) is 0.795. The molecule has 118 valence electrons. The van der Waals surface area contributed by atoms with Crippen molar-refractivity contribution in [1.82, 2.24) is 0 Å². The third kappa shape index (κ3) is 4.00. The van der Waals surface area contributed by atoms with Crippen molar-refractivity contribution < 1.29 is 18.3 Å². The van der Waals surface area contributed by atoms with Gasteiger partial charge in [-0.1, -0.05) is 50.8 Å². The highest BCUT2D eigenvalue weighted by atomic mass is 19.4. The van der Waals surface area contributed by atoms with Crippen molar-refractivity contribution in [2.24, 2.45) is 11.8 Å². The van der Waals surface area contributed by atoms with Crippen LogP contribution >= 0.6 is 0 Å². The van der Waals surface area contributed by atoms with Gasteiger partial charge in [-0.3, -0.25) is 0 Å². The molecule has 1 atom stereocenters. The largest absolute Gasteiger partial charge is 0.416 e. The minimum atomic E-state index is -4.41. The van der Waals surface area contributed by atoms with E-state index in [0.717, 1.165) is 38.2 Å². The van der Waals surface area contributed by atoms with Gasteiger partial charge in [-0.05, 0) is 36.3 Å². The molecule has 0 radical (unpaired) electrons. The molecule has 1 aromatic rings. The maximum absolute atomic E-state index is 13.0. The molecule has 1 saturated carbocycles. The number of hydrogen-bond acceptors (Lipinski definition) is 1. The van der Waals surface area contributed by atoms with E-state index in [9.17, 15) is 18.3 Å². The Labute approximate surface area is 124 Å². The van der Waals surface area contributed by atoms with Crippen molar-refractivity contribution in [3.8, 4) is 0 Å². The van der Waals surface area contributed by atoms with Crippen molar-refractivity contribution in [1.29, 1.82) is 0 Å². The number of aliphatic hydroxyl groups excluding tert-OH is 1. The van der Waals surface area contributed by atoms with Gasteiger partial charge in [0.2, 0.25) is 0 Å². The molecule has 1 unspecified atom stereocenters. The highest BCUT2D eigenvalue weighted by Gasteiger charge is 2.37. The van der Waals surface area contributed by atoms with Crippen LogP contribution in [0.5, 0.6) is 0 Å². The summed E-state index contributed by atoms with van der Waals surface area (Å²) < 4.78 is 39.1. The predicted molar refractivity (Wildman–Crippen MR) is 76.8 cm³/mol. The summed E-state index contributed by atoms with van der Waals surface area (Å²) in [5.74, 6) is 0.623. The van der Waals surface area contributed by atoms with Crippen LogP contribution < -0.4 is 0 Å². The van der Waals surface area contributed by atoms with Crippen LogP contribution in [-0.2, 0) is 6.18 Å². The molecule has 1 aliphatic carbocycles. The first-order valence-corrected chi connectivity index (χ1v) is 7.77. The molecule has 1 aliphatic rings. The minimum absolute atomic E-state index is 0.0314. The van der Waals surface area contributed by atoms with E-state index in [0.29, 0.717) is 5.92 Å². The number of halogens is 3. The van der Waals surface area contributed by atoms with Crippen LogP contribution in [0, 0.1) is 11.8 Å². The van der Waals surface area contributed by atoms with E-state index in [1.807, 2.05) is 0 Å². The molecule has 0 amide bonds. The Bertz CT molecular complexity index is 448. The molecule has 0 heterocycles. The average molecular weight is 300 g/mol. The zero-order valence-electron chi connectivity index (χ0n) is 12.4. The van der Waals surface area contributed by atoms with E-state index in [4.69, 9.17) is 0 Å². The fourth-order valence-electron chi connectivity index (χ4n) is 3.47. The fraction of sp³-hybridized carbons (Fsp3) is 0.647. The van der Waals surface area contributed by atoms with Gasteiger partial charge in [0.15, 0.2) is 0 Å². The zero-order valence-corrected chi connectivity index (χ0v) is 12.4. The summed E-state index contributed by atoms with van der Waals surface area (Å²) >= 11 is 0. The molecule has 1 N–H and O–H groups in total. The molecule has 0 bridgehead atoms. The fourth-order valence-corrected chi connectivity index (χ4v) is 3.47. The number of alkyl halides is 3. The Balaban J connectivity index is 2.09. The summed E-state index contributed by atoms with van der Waals surface area (Å²) in [5.41, 5.74) is -0.669. The van der Waals surface area contributed by atoms with Gasteiger partial charge in [0.1, 0.15) is 0 Å². The maximum atomic E-state index is 13.0. The summed E-state index contributed by atoms with van der Waals surface area (Å²) in [5, 5.41) is 10.4. The lowest BCUT2D eigenvalue weighted by atomic mass is 9.76. The van der Waals surface area contributed by atoms with Crippen LogP contribution in [0.25, 0.3) is 0 Å². The Morgan fingerprint density at radius 3 is 2.33 bits per heavy atom. The first-order chi connectivity index (χ1) is 9.93. The van der Waals surface area contributed by atoms with E-state index >= 15 is 0 Å². The van der Waals surface area contributed by atoms with Gasteiger partial charge in [-0.2, -0.15) is 13.2 Å². The van der Waals surface area contributed by atoms with Crippen LogP contribution in [0.3, 0.4) is 0 Å². The molecule has 0 spiro atoms. The summed E-state index contributed by atoms with van der Waals surface area (Å²) in [6.45, 7) is 2.15. The second kappa shape index (κ2) is 6.82. The molecule has 2 rings (SSSR count). The SMILES string of the molecule is CCCC1CCC(C(O)c2ccccc2C(F)(F)F)CC1. The maximum Gasteiger partial charge on any atom is 0.416 e. The van der Waals surface area contributed by atoms with E-state index in [1.54, 1.807) is 6.07 Å². The number of hydrogen-bond donors (Lipinski definition) is 1. The zero-order chi connectivity index (χ0) is 15.5.